The maximum atomic E-state index is 6.18. The van der Waals surface area contributed by atoms with Crippen LogP contribution in [0.15, 0.2) is 29.2 Å². The minimum Gasteiger partial charge on any atom is -0.313 e. The van der Waals surface area contributed by atoms with Gasteiger partial charge in [0.15, 0.2) is 0 Å². The summed E-state index contributed by atoms with van der Waals surface area (Å²) >= 11 is 8.03. The lowest BCUT2D eigenvalue weighted by Crippen LogP contribution is -2.33. The summed E-state index contributed by atoms with van der Waals surface area (Å²) in [5.41, 5.74) is 0. The van der Waals surface area contributed by atoms with Crippen LogP contribution in [0, 0.1) is 5.92 Å². The molecule has 3 heteroatoms. The van der Waals surface area contributed by atoms with Crippen molar-refractivity contribution in [1.29, 1.82) is 0 Å². The van der Waals surface area contributed by atoms with E-state index < -0.39 is 0 Å². The highest BCUT2D eigenvalue weighted by Gasteiger charge is 2.11. The van der Waals surface area contributed by atoms with Crippen molar-refractivity contribution in [3.8, 4) is 0 Å². The second kappa shape index (κ2) is 8.84. The SMILES string of the molecule is CCCNC(CSc1ccccc1Cl)CC(C)C. The summed E-state index contributed by atoms with van der Waals surface area (Å²) in [6, 6.07) is 8.66. The van der Waals surface area contributed by atoms with E-state index in [4.69, 9.17) is 11.6 Å². The Morgan fingerprint density at radius 1 is 1.28 bits per heavy atom. The molecule has 0 aliphatic heterocycles. The molecule has 0 spiro atoms. The van der Waals surface area contributed by atoms with E-state index >= 15 is 0 Å². The van der Waals surface area contributed by atoms with Crippen LogP contribution in [0.2, 0.25) is 5.02 Å². The maximum Gasteiger partial charge on any atom is 0.0541 e. The van der Waals surface area contributed by atoms with Crippen LogP contribution in [0.4, 0.5) is 0 Å². The summed E-state index contributed by atoms with van der Waals surface area (Å²) in [6.07, 6.45) is 2.41. The number of hydrogen-bond acceptors (Lipinski definition) is 2. The molecule has 0 aliphatic rings. The van der Waals surface area contributed by atoms with Crippen LogP contribution in [0.5, 0.6) is 0 Å². The summed E-state index contributed by atoms with van der Waals surface area (Å²) < 4.78 is 0. The van der Waals surface area contributed by atoms with Crippen LogP contribution in [0.25, 0.3) is 0 Å². The van der Waals surface area contributed by atoms with Crippen molar-refractivity contribution < 1.29 is 0 Å². The Labute approximate surface area is 121 Å². The standard InChI is InChI=1S/C15H24ClNS/c1-4-9-17-13(10-12(2)3)11-18-15-8-6-5-7-14(15)16/h5-8,12-13,17H,4,9-11H2,1-3H3. The van der Waals surface area contributed by atoms with E-state index in [1.807, 2.05) is 30.0 Å². The van der Waals surface area contributed by atoms with Crippen LogP contribution >= 0.6 is 23.4 Å². The first kappa shape index (κ1) is 15.9. The van der Waals surface area contributed by atoms with Gasteiger partial charge in [-0.15, -0.1) is 11.8 Å². The maximum absolute atomic E-state index is 6.18. The highest BCUT2D eigenvalue weighted by atomic mass is 35.5. The molecule has 1 nitrogen and oxygen atoms in total. The topological polar surface area (TPSA) is 12.0 Å². The average molecular weight is 286 g/mol. The van der Waals surface area contributed by atoms with Gasteiger partial charge < -0.3 is 5.32 Å². The van der Waals surface area contributed by atoms with Crippen LogP contribution in [0.3, 0.4) is 0 Å². The Hall–Kier alpha value is -0.180. The molecule has 0 aliphatic carbocycles. The normalized spacial score (nSPS) is 12.9. The lowest BCUT2D eigenvalue weighted by molar-refractivity contribution is 0.448. The van der Waals surface area contributed by atoms with Crippen LogP contribution in [-0.2, 0) is 0 Å². The summed E-state index contributed by atoms with van der Waals surface area (Å²) in [5, 5.41) is 4.49. The Bertz CT molecular complexity index is 341. The zero-order chi connectivity index (χ0) is 13.4. The van der Waals surface area contributed by atoms with Gasteiger partial charge in [-0.1, -0.05) is 44.5 Å². The molecule has 0 amide bonds. The third-order valence-corrected chi connectivity index (χ3v) is 4.39. The summed E-state index contributed by atoms with van der Waals surface area (Å²) in [4.78, 5) is 1.19. The third kappa shape index (κ3) is 6.12. The summed E-state index contributed by atoms with van der Waals surface area (Å²) in [7, 11) is 0. The second-order valence-electron chi connectivity index (χ2n) is 5.02. The van der Waals surface area contributed by atoms with E-state index in [1.165, 1.54) is 17.7 Å². The molecule has 0 bridgehead atoms. The molecule has 1 rings (SSSR count). The van der Waals surface area contributed by atoms with Gasteiger partial charge in [0.1, 0.15) is 0 Å². The molecule has 0 fully saturated rings. The highest BCUT2D eigenvalue weighted by molar-refractivity contribution is 7.99. The largest absolute Gasteiger partial charge is 0.313 e. The van der Waals surface area contributed by atoms with Crippen LogP contribution in [0.1, 0.15) is 33.6 Å². The van der Waals surface area contributed by atoms with E-state index in [9.17, 15) is 0 Å². The van der Waals surface area contributed by atoms with E-state index in [0.29, 0.717) is 6.04 Å². The molecular weight excluding hydrogens is 262 g/mol. The number of nitrogens with one attached hydrogen (secondary N) is 1. The summed E-state index contributed by atoms with van der Waals surface area (Å²) in [5.74, 6) is 1.81. The van der Waals surface area contributed by atoms with E-state index in [-0.39, 0.29) is 0 Å². The van der Waals surface area contributed by atoms with Crippen LogP contribution < -0.4 is 5.32 Å². The molecule has 0 saturated carbocycles. The predicted octanol–water partition coefficient (Wildman–Crippen LogP) is 4.85. The first-order valence-electron chi connectivity index (χ1n) is 6.74. The highest BCUT2D eigenvalue weighted by Crippen LogP contribution is 2.27. The fourth-order valence-electron chi connectivity index (χ4n) is 1.88. The van der Waals surface area contributed by atoms with Crippen molar-refractivity contribution in [3.05, 3.63) is 29.3 Å². The van der Waals surface area contributed by atoms with Gasteiger partial charge in [0.2, 0.25) is 0 Å². The predicted molar refractivity (Wildman–Crippen MR) is 83.7 cm³/mol. The molecule has 1 N–H and O–H groups in total. The molecule has 0 radical (unpaired) electrons. The van der Waals surface area contributed by atoms with Crippen molar-refractivity contribution in [2.75, 3.05) is 12.3 Å². The zero-order valence-corrected chi connectivity index (χ0v) is 13.2. The fraction of sp³-hybridized carbons (Fsp3) is 0.600. The zero-order valence-electron chi connectivity index (χ0n) is 11.6. The molecule has 1 aromatic carbocycles. The first-order valence-corrected chi connectivity index (χ1v) is 8.10. The molecule has 1 unspecified atom stereocenters. The van der Waals surface area contributed by atoms with Gasteiger partial charge in [0.25, 0.3) is 0 Å². The lowest BCUT2D eigenvalue weighted by Gasteiger charge is -2.20. The molecule has 1 aromatic rings. The number of halogens is 1. The number of thioether (sulfide) groups is 1. The van der Waals surface area contributed by atoms with E-state index in [1.54, 1.807) is 0 Å². The number of rotatable bonds is 8. The molecule has 1 atom stereocenters. The van der Waals surface area contributed by atoms with Crippen LogP contribution in [-0.4, -0.2) is 18.3 Å². The molecular formula is C15H24ClNS. The minimum atomic E-state index is 0.575. The van der Waals surface area contributed by atoms with Gasteiger partial charge in [-0.3, -0.25) is 0 Å². The Morgan fingerprint density at radius 3 is 2.61 bits per heavy atom. The van der Waals surface area contributed by atoms with Crippen molar-refractivity contribution in [3.63, 3.8) is 0 Å². The Kier molecular flexibility index (Phi) is 7.80. The van der Waals surface area contributed by atoms with Gasteiger partial charge in [0, 0.05) is 16.7 Å². The second-order valence-corrected chi connectivity index (χ2v) is 6.49. The molecule has 18 heavy (non-hydrogen) atoms. The van der Waals surface area contributed by atoms with Gasteiger partial charge in [-0.25, -0.2) is 0 Å². The summed E-state index contributed by atoms with van der Waals surface area (Å²) in [6.45, 7) is 7.86. The van der Waals surface area contributed by atoms with Gasteiger partial charge in [0.05, 0.1) is 5.02 Å². The van der Waals surface area contributed by atoms with Gasteiger partial charge >= 0.3 is 0 Å². The molecule has 0 aromatic heterocycles. The van der Waals surface area contributed by atoms with E-state index in [2.05, 4.69) is 32.2 Å². The van der Waals surface area contributed by atoms with Crippen molar-refractivity contribution in [2.24, 2.45) is 5.92 Å². The van der Waals surface area contributed by atoms with Crippen molar-refractivity contribution in [2.45, 2.75) is 44.6 Å². The van der Waals surface area contributed by atoms with Gasteiger partial charge in [-0.2, -0.15) is 0 Å². The lowest BCUT2D eigenvalue weighted by atomic mass is 10.1. The monoisotopic (exact) mass is 285 g/mol. The smallest absolute Gasteiger partial charge is 0.0541 e. The Morgan fingerprint density at radius 2 is 2.00 bits per heavy atom. The quantitative estimate of drug-likeness (QED) is 0.686. The van der Waals surface area contributed by atoms with Crippen molar-refractivity contribution in [1.82, 2.24) is 5.32 Å². The van der Waals surface area contributed by atoms with E-state index in [0.717, 1.165) is 23.2 Å². The minimum absolute atomic E-state index is 0.575. The average Bonchev–Trinajstić information content (AvgIpc) is 2.34. The number of hydrogen-bond donors (Lipinski definition) is 1. The number of benzene rings is 1. The van der Waals surface area contributed by atoms with Crippen molar-refractivity contribution >= 4 is 23.4 Å². The fourth-order valence-corrected chi connectivity index (χ4v) is 3.19. The molecule has 0 saturated heterocycles. The first-order chi connectivity index (χ1) is 8.63. The Balaban J connectivity index is 2.47. The molecule has 0 heterocycles. The third-order valence-electron chi connectivity index (χ3n) is 2.72. The van der Waals surface area contributed by atoms with Gasteiger partial charge in [-0.05, 0) is 37.4 Å². The molecule has 102 valence electrons.